The fourth-order valence-corrected chi connectivity index (χ4v) is 1.66. The number of ether oxygens (including phenoxy) is 2. The minimum atomic E-state index is 0.212. The molecule has 0 unspecified atom stereocenters. The molecule has 0 fully saturated rings. The molecule has 2 rings (SSSR count). The predicted molar refractivity (Wildman–Crippen MR) is 72.9 cm³/mol. The molecule has 0 saturated carbocycles. The van der Waals surface area contributed by atoms with E-state index in [-0.39, 0.29) is 11.6 Å². The maximum atomic E-state index is 5.90. The standard InChI is InChI=1S/C11H10Cl2N4O2/c1-18-9-10(17-14)15-5-16-11(9)19-6-2-3-7(12)8(13)4-6/h2-5H,14H2,1H3,(H,15,16,17). The topological polar surface area (TPSA) is 82.3 Å². The number of methoxy groups -OCH3 is 1. The number of nitrogens with two attached hydrogens (primary N) is 1. The van der Waals surface area contributed by atoms with Gasteiger partial charge in [-0.25, -0.2) is 10.8 Å². The molecule has 2 aromatic rings. The van der Waals surface area contributed by atoms with E-state index in [0.29, 0.717) is 21.6 Å². The Morgan fingerprint density at radius 1 is 1.21 bits per heavy atom. The van der Waals surface area contributed by atoms with E-state index in [4.69, 9.17) is 38.5 Å². The first kappa shape index (κ1) is 13.7. The van der Waals surface area contributed by atoms with E-state index >= 15 is 0 Å². The van der Waals surface area contributed by atoms with Crippen LogP contribution >= 0.6 is 23.2 Å². The van der Waals surface area contributed by atoms with E-state index in [1.807, 2.05) is 0 Å². The van der Waals surface area contributed by atoms with Gasteiger partial charge in [-0.05, 0) is 12.1 Å². The van der Waals surface area contributed by atoms with Crippen molar-refractivity contribution in [2.45, 2.75) is 0 Å². The van der Waals surface area contributed by atoms with Crippen molar-refractivity contribution in [3.63, 3.8) is 0 Å². The van der Waals surface area contributed by atoms with Crippen LogP contribution in [0.3, 0.4) is 0 Å². The molecule has 0 aliphatic heterocycles. The lowest BCUT2D eigenvalue weighted by molar-refractivity contribution is 0.369. The van der Waals surface area contributed by atoms with Gasteiger partial charge >= 0.3 is 0 Å². The second kappa shape index (κ2) is 5.92. The summed E-state index contributed by atoms with van der Waals surface area (Å²) in [5.74, 6) is 6.60. The summed E-state index contributed by atoms with van der Waals surface area (Å²) in [5, 5.41) is 0.817. The van der Waals surface area contributed by atoms with Gasteiger partial charge < -0.3 is 14.9 Å². The number of nitrogens with zero attached hydrogens (tertiary/aromatic N) is 2. The summed E-state index contributed by atoms with van der Waals surface area (Å²) in [6.45, 7) is 0. The second-order valence-corrected chi connectivity index (χ2v) is 4.20. The van der Waals surface area contributed by atoms with Crippen LogP contribution in [0.4, 0.5) is 5.82 Å². The van der Waals surface area contributed by atoms with E-state index in [0.717, 1.165) is 0 Å². The van der Waals surface area contributed by atoms with Crippen molar-refractivity contribution in [3.05, 3.63) is 34.6 Å². The molecule has 0 aliphatic carbocycles. The molecule has 0 aliphatic rings. The third-order valence-electron chi connectivity index (χ3n) is 2.22. The average molecular weight is 301 g/mol. The van der Waals surface area contributed by atoms with Crippen LogP contribution in [0.2, 0.25) is 10.0 Å². The lowest BCUT2D eigenvalue weighted by atomic mass is 10.3. The lowest BCUT2D eigenvalue weighted by Crippen LogP contribution is -2.10. The first-order valence-corrected chi connectivity index (χ1v) is 5.89. The van der Waals surface area contributed by atoms with Crippen molar-refractivity contribution in [1.29, 1.82) is 0 Å². The number of rotatable bonds is 4. The van der Waals surface area contributed by atoms with Crippen LogP contribution in [0.5, 0.6) is 17.4 Å². The van der Waals surface area contributed by atoms with Crippen LogP contribution in [0.1, 0.15) is 0 Å². The van der Waals surface area contributed by atoms with Crippen LogP contribution in [0, 0.1) is 0 Å². The van der Waals surface area contributed by atoms with Gasteiger partial charge in [0.2, 0.25) is 5.75 Å². The Kier molecular flexibility index (Phi) is 4.26. The smallest absolute Gasteiger partial charge is 0.268 e. The van der Waals surface area contributed by atoms with Crippen LogP contribution in [0.25, 0.3) is 0 Å². The number of nitrogen functional groups attached to an aromatic ring is 1. The van der Waals surface area contributed by atoms with Gasteiger partial charge in [0, 0.05) is 6.07 Å². The highest BCUT2D eigenvalue weighted by atomic mass is 35.5. The zero-order valence-electron chi connectivity index (χ0n) is 9.85. The summed E-state index contributed by atoms with van der Waals surface area (Å²) >= 11 is 11.7. The largest absolute Gasteiger partial charge is 0.489 e. The molecule has 100 valence electrons. The molecular formula is C11H10Cl2N4O2. The third-order valence-corrected chi connectivity index (χ3v) is 2.96. The zero-order valence-corrected chi connectivity index (χ0v) is 11.4. The van der Waals surface area contributed by atoms with E-state index in [2.05, 4.69) is 15.4 Å². The van der Waals surface area contributed by atoms with Gasteiger partial charge in [-0.2, -0.15) is 4.98 Å². The maximum absolute atomic E-state index is 5.90. The normalized spacial score (nSPS) is 10.1. The Balaban J connectivity index is 2.35. The quantitative estimate of drug-likeness (QED) is 0.667. The van der Waals surface area contributed by atoms with Gasteiger partial charge in [0.05, 0.1) is 17.2 Å². The van der Waals surface area contributed by atoms with Gasteiger partial charge in [0.25, 0.3) is 5.88 Å². The zero-order chi connectivity index (χ0) is 13.8. The molecular weight excluding hydrogens is 291 g/mol. The van der Waals surface area contributed by atoms with Crippen molar-refractivity contribution < 1.29 is 9.47 Å². The number of hydrazine groups is 1. The number of hydrogen-bond acceptors (Lipinski definition) is 6. The summed E-state index contributed by atoms with van der Waals surface area (Å²) in [4.78, 5) is 7.88. The van der Waals surface area contributed by atoms with Crippen molar-refractivity contribution in [3.8, 4) is 17.4 Å². The van der Waals surface area contributed by atoms with Gasteiger partial charge in [0.1, 0.15) is 12.1 Å². The first-order chi connectivity index (χ1) is 9.15. The minimum absolute atomic E-state index is 0.212. The van der Waals surface area contributed by atoms with Gasteiger partial charge in [-0.1, -0.05) is 23.2 Å². The molecule has 1 aromatic heterocycles. The molecule has 0 saturated heterocycles. The molecule has 0 amide bonds. The van der Waals surface area contributed by atoms with Crippen LogP contribution in [0.15, 0.2) is 24.5 Å². The molecule has 0 atom stereocenters. The monoisotopic (exact) mass is 300 g/mol. The maximum Gasteiger partial charge on any atom is 0.268 e. The first-order valence-electron chi connectivity index (χ1n) is 5.14. The van der Waals surface area contributed by atoms with Crippen LogP contribution in [-0.4, -0.2) is 17.1 Å². The Morgan fingerprint density at radius 2 is 2.00 bits per heavy atom. The fourth-order valence-electron chi connectivity index (χ4n) is 1.37. The molecule has 0 radical (unpaired) electrons. The summed E-state index contributed by atoms with van der Waals surface area (Å²) in [5.41, 5.74) is 2.39. The summed E-state index contributed by atoms with van der Waals surface area (Å²) in [7, 11) is 1.46. The third kappa shape index (κ3) is 2.98. The second-order valence-electron chi connectivity index (χ2n) is 3.38. The number of halogens is 2. The highest BCUT2D eigenvalue weighted by molar-refractivity contribution is 6.42. The molecule has 8 heteroatoms. The molecule has 0 spiro atoms. The molecule has 1 heterocycles. The molecule has 3 N–H and O–H groups in total. The minimum Gasteiger partial charge on any atom is -0.489 e. The molecule has 19 heavy (non-hydrogen) atoms. The average Bonchev–Trinajstić information content (AvgIpc) is 2.42. The lowest BCUT2D eigenvalue weighted by Gasteiger charge is -2.11. The Morgan fingerprint density at radius 3 is 2.63 bits per heavy atom. The molecule has 1 aromatic carbocycles. The summed E-state index contributed by atoms with van der Waals surface area (Å²) < 4.78 is 10.7. The predicted octanol–water partition coefficient (Wildman–Crippen LogP) is 2.87. The van der Waals surface area contributed by atoms with E-state index in [9.17, 15) is 0 Å². The van der Waals surface area contributed by atoms with Gasteiger partial charge in [-0.15, -0.1) is 0 Å². The van der Waals surface area contributed by atoms with Crippen molar-refractivity contribution in [2.75, 3.05) is 12.5 Å². The number of aromatic nitrogens is 2. The van der Waals surface area contributed by atoms with Crippen molar-refractivity contribution in [1.82, 2.24) is 9.97 Å². The SMILES string of the molecule is COc1c(NN)ncnc1Oc1ccc(Cl)c(Cl)c1. The van der Waals surface area contributed by atoms with Gasteiger partial charge in [-0.3, -0.25) is 0 Å². The van der Waals surface area contributed by atoms with E-state index in [1.54, 1.807) is 18.2 Å². The summed E-state index contributed by atoms with van der Waals surface area (Å²) in [6, 6.07) is 4.85. The Hall–Kier alpha value is -1.76. The highest BCUT2D eigenvalue weighted by Crippen LogP contribution is 2.35. The number of hydrogen-bond donors (Lipinski definition) is 2. The van der Waals surface area contributed by atoms with Gasteiger partial charge in [0.15, 0.2) is 5.82 Å². The van der Waals surface area contributed by atoms with E-state index in [1.165, 1.54) is 13.4 Å². The number of anilines is 1. The van der Waals surface area contributed by atoms with Crippen LogP contribution in [-0.2, 0) is 0 Å². The highest BCUT2D eigenvalue weighted by Gasteiger charge is 2.14. The Bertz CT molecular complexity index is 595. The van der Waals surface area contributed by atoms with Crippen LogP contribution < -0.4 is 20.7 Å². The number of nitrogens with one attached hydrogen (secondary N) is 1. The van der Waals surface area contributed by atoms with Crippen molar-refractivity contribution >= 4 is 29.0 Å². The molecule has 6 nitrogen and oxygen atoms in total. The molecule has 0 bridgehead atoms. The van der Waals surface area contributed by atoms with E-state index < -0.39 is 0 Å². The van der Waals surface area contributed by atoms with Crippen molar-refractivity contribution in [2.24, 2.45) is 5.84 Å². The summed E-state index contributed by atoms with van der Waals surface area (Å²) in [6.07, 6.45) is 1.30. The Labute approximate surface area is 119 Å². The fraction of sp³-hybridized carbons (Fsp3) is 0.0909. The number of benzene rings is 1.